The molecule has 2 N–H and O–H groups in total. The Morgan fingerprint density at radius 2 is 1.62 bits per heavy atom. The van der Waals surface area contributed by atoms with E-state index in [4.69, 9.17) is 5.73 Å². The van der Waals surface area contributed by atoms with Crippen molar-refractivity contribution in [1.82, 2.24) is 0 Å². The van der Waals surface area contributed by atoms with Crippen LogP contribution in [0.1, 0.15) is 70.9 Å². The smallest absolute Gasteiger partial charge is 0.0108 e. The summed E-state index contributed by atoms with van der Waals surface area (Å²) in [6.45, 7) is 9.11. The van der Waals surface area contributed by atoms with Crippen LogP contribution in [0.15, 0.2) is 24.3 Å². The Kier molecular flexibility index (Phi) is 5.48. The van der Waals surface area contributed by atoms with Crippen molar-refractivity contribution < 1.29 is 0 Å². The molecular weight excluding hydrogens is 254 g/mol. The Morgan fingerprint density at radius 1 is 1.05 bits per heavy atom. The van der Waals surface area contributed by atoms with Crippen molar-refractivity contribution in [2.24, 2.45) is 17.6 Å². The maximum atomic E-state index is 6.49. The molecule has 1 aromatic carbocycles. The third-order valence-electron chi connectivity index (χ3n) is 5.37. The molecule has 0 amide bonds. The van der Waals surface area contributed by atoms with Crippen LogP contribution >= 0.6 is 0 Å². The minimum absolute atomic E-state index is 0.235. The van der Waals surface area contributed by atoms with E-state index in [-0.39, 0.29) is 5.41 Å². The summed E-state index contributed by atoms with van der Waals surface area (Å²) < 4.78 is 0. The van der Waals surface area contributed by atoms with Crippen LogP contribution in [0.4, 0.5) is 0 Å². The highest BCUT2D eigenvalue weighted by atomic mass is 14.6. The zero-order chi connectivity index (χ0) is 15.5. The highest BCUT2D eigenvalue weighted by molar-refractivity contribution is 5.28. The fourth-order valence-corrected chi connectivity index (χ4v) is 3.60. The molecule has 1 atom stereocenters. The van der Waals surface area contributed by atoms with E-state index >= 15 is 0 Å². The molecule has 118 valence electrons. The van der Waals surface area contributed by atoms with Crippen LogP contribution in [-0.4, -0.2) is 6.04 Å². The first-order valence-electron chi connectivity index (χ1n) is 8.75. The fourth-order valence-electron chi connectivity index (χ4n) is 3.60. The molecule has 2 rings (SSSR count). The second-order valence-electron chi connectivity index (χ2n) is 8.00. The monoisotopic (exact) mass is 287 g/mol. The van der Waals surface area contributed by atoms with Crippen molar-refractivity contribution in [3.05, 3.63) is 35.4 Å². The van der Waals surface area contributed by atoms with Gasteiger partial charge < -0.3 is 5.73 Å². The molecule has 0 spiro atoms. The minimum Gasteiger partial charge on any atom is -0.327 e. The summed E-state index contributed by atoms with van der Waals surface area (Å²) in [5, 5.41) is 0. The van der Waals surface area contributed by atoms with Crippen molar-refractivity contribution in [2.45, 2.75) is 77.7 Å². The molecule has 0 aromatic heterocycles. The van der Waals surface area contributed by atoms with Gasteiger partial charge in [0.1, 0.15) is 0 Å². The summed E-state index contributed by atoms with van der Waals surface area (Å²) in [6, 6.07) is 9.44. The molecule has 1 aromatic rings. The Labute approximate surface area is 131 Å². The van der Waals surface area contributed by atoms with Gasteiger partial charge in [-0.25, -0.2) is 0 Å². The third kappa shape index (κ3) is 4.57. The maximum Gasteiger partial charge on any atom is 0.0108 e. The summed E-state index contributed by atoms with van der Waals surface area (Å²) in [5.41, 5.74) is 9.53. The standard InChI is InChI=1S/C20H33N/c1-5-15-6-10-17(11-7-15)19(21)14-16-8-12-18(13-9-16)20(2,3)4/h8-9,12-13,15,17,19H,5-7,10-11,14,21H2,1-4H3. The van der Waals surface area contributed by atoms with E-state index in [0.717, 1.165) is 18.3 Å². The second-order valence-corrected chi connectivity index (χ2v) is 8.00. The van der Waals surface area contributed by atoms with Crippen LogP contribution in [0.25, 0.3) is 0 Å². The highest BCUT2D eigenvalue weighted by Gasteiger charge is 2.24. The van der Waals surface area contributed by atoms with Gasteiger partial charge >= 0.3 is 0 Å². The molecule has 0 radical (unpaired) electrons. The predicted molar refractivity (Wildman–Crippen MR) is 92.6 cm³/mol. The van der Waals surface area contributed by atoms with Crippen LogP contribution in [0.2, 0.25) is 0 Å². The van der Waals surface area contributed by atoms with Gasteiger partial charge in [-0.15, -0.1) is 0 Å². The van der Waals surface area contributed by atoms with Crippen LogP contribution < -0.4 is 5.73 Å². The molecule has 0 bridgehead atoms. The van der Waals surface area contributed by atoms with E-state index in [1.807, 2.05) is 0 Å². The van der Waals surface area contributed by atoms with Gasteiger partial charge in [-0.1, -0.05) is 71.2 Å². The van der Waals surface area contributed by atoms with E-state index in [1.165, 1.54) is 43.2 Å². The van der Waals surface area contributed by atoms with Gasteiger partial charge in [-0.3, -0.25) is 0 Å². The zero-order valence-electron chi connectivity index (χ0n) is 14.4. The van der Waals surface area contributed by atoms with Crippen molar-refractivity contribution in [3.63, 3.8) is 0 Å². The number of benzene rings is 1. The Bertz CT molecular complexity index is 418. The average Bonchev–Trinajstić information content (AvgIpc) is 2.47. The van der Waals surface area contributed by atoms with Crippen LogP contribution in [0.5, 0.6) is 0 Å². The van der Waals surface area contributed by atoms with E-state index in [2.05, 4.69) is 52.0 Å². The number of rotatable bonds is 4. The normalized spacial score (nSPS) is 24.8. The largest absolute Gasteiger partial charge is 0.327 e. The van der Waals surface area contributed by atoms with Gasteiger partial charge in [0, 0.05) is 6.04 Å². The lowest BCUT2D eigenvalue weighted by molar-refractivity contribution is 0.238. The lowest BCUT2D eigenvalue weighted by atomic mass is 9.76. The molecule has 1 fully saturated rings. The first-order chi connectivity index (χ1) is 9.90. The summed E-state index contributed by atoms with van der Waals surface area (Å²) in [6.07, 6.45) is 7.82. The molecule has 1 saturated carbocycles. The van der Waals surface area contributed by atoms with Gasteiger partial charge in [-0.05, 0) is 47.6 Å². The van der Waals surface area contributed by atoms with Crippen LogP contribution in [0.3, 0.4) is 0 Å². The summed E-state index contributed by atoms with van der Waals surface area (Å²) in [4.78, 5) is 0. The van der Waals surface area contributed by atoms with E-state index < -0.39 is 0 Å². The Hall–Kier alpha value is -0.820. The lowest BCUT2D eigenvalue weighted by Crippen LogP contribution is -2.34. The summed E-state index contributed by atoms with van der Waals surface area (Å²) in [7, 11) is 0. The molecule has 0 aliphatic heterocycles. The fraction of sp³-hybridized carbons (Fsp3) is 0.700. The molecule has 1 nitrogen and oxygen atoms in total. The third-order valence-corrected chi connectivity index (χ3v) is 5.37. The van der Waals surface area contributed by atoms with E-state index in [9.17, 15) is 0 Å². The second kappa shape index (κ2) is 6.96. The molecule has 1 aliphatic rings. The van der Waals surface area contributed by atoms with Crippen molar-refractivity contribution in [3.8, 4) is 0 Å². The van der Waals surface area contributed by atoms with E-state index in [0.29, 0.717) is 6.04 Å². The first-order valence-corrected chi connectivity index (χ1v) is 8.75. The molecule has 1 aliphatic carbocycles. The summed E-state index contributed by atoms with van der Waals surface area (Å²) >= 11 is 0. The van der Waals surface area contributed by atoms with Gasteiger partial charge in [0.2, 0.25) is 0 Å². The van der Waals surface area contributed by atoms with Crippen molar-refractivity contribution in [2.75, 3.05) is 0 Å². The SMILES string of the molecule is CCC1CCC(C(N)Cc2ccc(C(C)(C)C)cc2)CC1. The average molecular weight is 287 g/mol. The minimum atomic E-state index is 0.235. The predicted octanol–water partition coefficient (Wildman–Crippen LogP) is 5.07. The Balaban J connectivity index is 1.89. The first kappa shape index (κ1) is 16.5. The van der Waals surface area contributed by atoms with Crippen LogP contribution in [-0.2, 0) is 11.8 Å². The maximum absolute atomic E-state index is 6.49. The van der Waals surface area contributed by atoms with Gasteiger partial charge in [0.15, 0.2) is 0 Å². The highest BCUT2D eigenvalue weighted by Crippen LogP contribution is 2.33. The molecular formula is C20H33N. The zero-order valence-corrected chi connectivity index (χ0v) is 14.4. The molecule has 1 heteroatoms. The Morgan fingerprint density at radius 3 is 2.10 bits per heavy atom. The number of hydrogen-bond acceptors (Lipinski definition) is 1. The molecule has 0 heterocycles. The van der Waals surface area contributed by atoms with Gasteiger partial charge in [0.05, 0.1) is 0 Å². The van der Waals surface area contributed by atoms with Crippen molar-refractivity contribution in [1.29, 1.82) is 0 Å². The molecule has 1 unspecified atom stereocenters. The van der Waals surface area contributed by atoms with E-state index in [1.54, 1.807) is 0 Å². The van der Waals surface area contributed by atoms with Gasteiger partial charge in [-0.2, -0.15) is 0 Å². The van der Waals surface area contributed by atoms with Crippen LogP contribution in [0, 0.1) is 11.8 Å². The topological polar surface area (TPSA) is 26.0 Å². The molecule has 21 heavy (non-hydrogen) atoms. The quantitative estimate of drug-likeness (QED) is 0.822. The number of hydrogen-bond donors (Lipinski definition) is 1. The molecule has 0 saturated heterocycles. The number of nitrogens with two attached hydrogens (primary N) is 1. The summed E-state index contributed by atoms with van der Waals surface area (Å²) in [5.74, 6) is 1.69. The lowest BCUT2D eigenvalue weighted by Gasteiger charge is -2.32. The van der Waals surface area contributed by atoms with Crippen molar-refractivity contribution >= 4 is 0 Å². The van der Waals surface area contributed by atoms with Gasteiger partial charge in [0.25, 0.3) is 0 Å².